The summed E-state index contributed by atoms with van der Waals surface area (Å²) in [4.78, 5) is 13.5. The fourth-order valence-corrected chi connectivity index (χ4v) is 7.88. The Kier molecular flexibility index (Phi) is 6.80. The van der Waals surface area contributed by atoms with E-state index in [9.17, 15) is 20.1 Å². The summed E-state index contributed by atoms with van der Waals surface area (Å²) >= 11 is 0. The van der Waals surface area contributed by atoms with E-state index in [-0.39, 0.29) is 30.3 Å². The molecule has 0 spiro atoms. The van der Waals surface area contributed by atoms with E-state index < -0.39 is 60.4 Å². The lowest BCUT2D eigenvalue weighted by Crippen LogP contribution is -2.53. The van der Waals surface area contributed by atoms with Crippen LogP contribution in [0, 0.1) is 23.2 Å². The van der Waals surface area contributed by atoms with Crippen LogP contribution < -0.4 is 0 Å². The van der Waals surface area contributed by atoms with E-state index >= 15 is 0 Å². The number of fused-ring (bicyclic) bond motifs is 3. The Morgan fingerprint density at radius 1 is 1.11 bits per heavy atom. The van der Waals surface area contributed by atoms with Gasteiger partial charge in [0.15, 0.2) is 18.4 Å². The molecule has 10 nitrogen and oxygen atoms in total. The lowest BCUT2D eigenvalue weighted by molar-refractivity contribution is -0.275. The van der Waals surface area contributed by atoms with E-state index in [1.165, 1.54) is 0 Å². The molecule has 212 valence electrons. The maximum absolute atomic E-state index is 13.5. The van der Waals surface area contributed by atoms with Crippen molar-refractivity contribution in [1.82, 2.24) is 0 Å². The number of aliphatic hydroxyl groups excluding tert-OH is 3. The molecular weight excluding hydrogens is 496 g/mol. The van der Waals surface area contributed by atoms with Crippen LogP contribution in [-0.4, -0.2) is 90.0 Å². The van der Waals surface area contributed by atoms with Crippen LogP contribution in [0.3, 0.4) is 0 Å². The third-order valence-corrected chi connectivity index (χ3v) is 10.1. The number of allylic oxidation sites excluding steroid dienone is 2. The van der Waals surface area contributed by atoms with Crippen LogP contribution in [0.25, 0.3) is 0 Å². The van der Waals surface area contributed by atoms with Gasteiger partial charge in [-0.05, 0) is 56.4 Å². The molecule has 4 fully saturated rings. The van der Waals surface area contributed by atoms with E-state index in [1.54, 1.807) is 21.0 Å². The van der Waals surface area contributed by atoms with Crippen molar-refractivity contribution >= 4 is 5.97 Å². The molecule has 1 saturated carbocycles. The van der Waals surface area contributed by atoms with Crippen molar-refractivity contribution in [3.63, 3.8) is 0 Å². The highest BCUT2D eigenvalue weighted by molar-refractivity contribution is 5.74. The van der Waals surface area contributed by atoms with Crippen molar-refractivity contribution in [3.8, 4) is 0 Å². The molecule has 0 aromatic rings. The molecule has 3 saturated heterocycles. The molecule has 0 amide bonds. The first-order chi connectivity index (χ1) is 18.0. The number of aliphatic hydroxyl groups is 3. The summed E-state index contributed by atoms with van der Waals surface area (Å²) in [6.45, 7) is 5.91. The summed E-state index contributed by atoms with van der Waals surface area (Å²) in [7, 11) is 1.56. The van der Waals surface area contributed by atoms with Gasteiger partial charge in [0.1, 0.15) is 12.2 Å². The van der Waals surface area contributed by atoms with E-state index in [1.807, 2.05) is 6.08 Å². The second-order valence-corrected chi connectivity index (χ2v) is 12.2. The summed E-state index contributed by atoms with van der Waals surface area (Å²) in [5.41, 5.74) is 1.41. The molecule has 38 heavy (non-hydrogen) atoms. The monoisotopic (exact) mass is 536 g/mol. The third kappa shape index (κ3) is 4.19. The summed E-state index contributed by atoms with van der Waals surface area (Å²) in [6, 6.07) is 0. The first kappa shape index (κ1) is 26.8. The third-order valence-electron chi connectivity index (χ3n) is 10.1. The summed E-state index contributed by atoms with van der Waals surface area (Å²) in [6.07, 6.45) is 1.53. The molecule has 10 heteroatoms. The Morgan fingerprint density at radius 2 is 1.89 bits per heavy atom. The molecule has 0 aromatic carbocycles. The van der Waals surface area contributed by atoms with E-state index in [0.717, 1.165) is 5.57 Å². The van der Waals surface area contributed by atoms with Crippen molar-refractivity contribution in [2.45, 2.75) is 108 Å². The Morgan fingerprint density at radius 3 is 2.66 bits per heavy atom. The van der Waals surface area contributed by atoms with Gasteiger partial charge in [-0.2, -0.15) is 0 Å². The number of methoxy groups -OCH3 is 1. The van der Waals surface area contributed by atoms with Crippen LogP contribution in [0.2, 0.25) is 0 Å². The van der Waals surface area contributed by atoms with Gasteiger partial charge >= 0.3 is 5.97 Å². The first-order valence-corrected chi connectivity index (χ1v) is 13.8. The highest BCUT2D eigenvalue weighted by atomic mass is 16.8. The largest absolute Gasteiger partial charge is 0.459 e. The summed E-state index contributed by atoms with van der Waals surface area (Å²) in [5, 5.41) is 32.2. The second-order valence-electron chi connectivity index (χ2n) is 12.2. The molecule has 2 aliphatic carbocycles. The van der Waals surface area contributed by atoms with E-state index in [4.69, 9.17) is 28.4 Å². The number of carbonyl (C=O) groups excluding carboxylic acids is 1. The van der Waals surface area contributed by atoms with Crippen molar-refractivity contribution in [1.29, 1.82) is 0 Å². The second kappa shape index (κ2) is 9.62. The zero-order valence-corrected chi connectivity index (χ0v) is 22.4. The number of hydrogen-bond acceptors (Lipinski definition) is 10. The maximum atomic E-state index is 13.5. The van der Waals surface area contributed by atoms with E-state index in [0.29, 0.717) is 37.7 Å². The zero-order chi connectivity index (χ0) is 27.0. The number of ether oxygens (including phenoxy) is 6. The topological polar surface area (TPSA) is 133 Å². The van der Waals surface area contributed by atoms with Gasteiger partial charge in [0.05, 0.1) is 42.9 Å². The molecule has 13 unspecified atom stereocenters. The lowest BCUT2D eigenvalue weighted by atomic mass is 9.55. The molecule has 3 N–H and O–H groups in total. The van der Waals surface area contributed by atoms with Crippen LogP contribution >= 0.6 is 0 Å². The van der Waals surface area contributed by atoms with Gasteiger partial charge in [-0.3, -0.25) is 4.79 Å². The van der Waals surface area contributed by atoms with Gasteiger partial charge in [-0.25, -0.2) is 0 Å². The zero-order valence-electron chi connectivity index (χ0n) is 22.4. The quantitative estimate of drug-likeness (QED) is 0.360. The molecule has 13 atom stereocenters. The Hall–Kier alpha value is -1.37. The average Bonchev–Trinajstić information content (AvgIpc) is 3.32. The van der Waals surface area contributed by atoms with Crippen LogP contribution in [0.1, 0.15) is 52.9 Å². The van der Waals surface area contributed by atoms with Crippen LogP contribution in [-0.2, 0) is 33.2 Å². The minimum absolute atomic E-state index is 0.115. The molecule has 4 heterocycles. The number of hydrogen-bond donors (Lipinski definition) is 3. The SMILES string of the molecule is COC1CC(OC2CC3=CCC4C(=O)OC5COC6(C)OC(O)C(=CCC4C3(C)CC2O)C56)OC(C)C1O. The standard InChI is InChI=1S/C28H40O10/c1-13-24(30)20(33-4)10-22(35-13)36-19-9-14-5-6-15-17(27(14,2)11-18(19)29)8-7-16-23-21(37-25(15)31)12-34-28(23,3)38-26(16)32/h5,7,13,15,17-24,26,29-30,32H,6,8-12H2,1-4H3. The first-order valence-electron chi connectivity index (χ1n) is 13.8. The van der Waals surface area contributed by atoms with E-state index in [2.05, 4.69) is 13.0 Å². The van der Waals surface area contributed by atoms with Gasteiger partial charge in [0.25, 0.3) is 0 Å². The van der Waals surface area contributed by atoms with Crippen molar-refractivity contribution in [2.75, 3.05) is 13.7 Å². The predicted molar refractivity (Wildman–Crippen MR) is 131 cm³/mol. The lowest BCUT2D eigenvalue weighted by Gasteiger charge is -2.52. The molecule has 0 bridgehead atoms. The molecule has 0 aromatic heterocycles. The molecule has 6 rings (SSSR count). The van der Waals surface area contributed by atoms with Crippen LogP contribution in [0.5, 0.6) is 0 Å². The fourth-order valence-electron chi connectivity index (χ4n) is 7.88. The number of carbonyl (C=O) groups is 1. The number of rotatable bonds is 3. The van der Waals surface area contributed by atoms with Crippen molar-refractivity contribution in [2.24, 2.45) is 23.2 Å². The Labute approximate surface area is 222 Å². The summed E-state index contributed by atoms with van der Waals surface area (Å²) in [5.74, 6) is -2.09. The Balaban J connectivity index is 1.24. The van der Waals surface area contributed by atoms with Gasteiger partial charge in [-0.1, -0.05) is 24.6 Å². The minimum atomic E-state index is -1.10. The fraction of sp³-hybridized carbons (Fsp3) is 0.821. The normalized spacial score (nSPS) is 52.4. The highest BCUT2D eigenvalue weighted by Crippen LogP contribution is 2.57. The van der Waals surface area contributed by atoms with Gasteiger partial charge < -0.3 is 43.7 Å². The van der Waals surface area contributed by atoms with Crippen molar-refractivity contribution < 1.29 is 48.5 Å². The molecule has 0 radical (unpaired) electrons. The summed E-state index contributed by atoms with van der Waals surface area (Å²) < 4.78 is 35.1. The van der Waals surface area contributed by atoms with Gasteiger partial charge in [-0.15, -0.1) is 0 Å². The van der Waals surface area contributed by atoms with Crippen LogP contribution in [0.4, 0.5) is 0 Å². The minimum Gasteiger partial charge on any atom is -0.459 e. The number of esters is 1. The smallest absolute Gasteiger partial charge is 0.309 e. The molecule has 6 aliphatic rings. The van der Waals surface area contributed by atoms with Crippen molar-refractivity contribution in [3.05, 3.63) is 23.3 Å². The predicted octanol–water partition coefficient (Wildman–Crippen LogP) is 1.56. The molecular formula is C28H40O10. The maximum Gasteiger partial charge on any atom is 0.309 e. The van der Waals surface area contributed by atoms with Gasteiger partial charge in [0, 0.05) is 13.5 Å². The highest BCUT2D eigenvalue weighted by Gasteiger charge is 2.60. The average molecular weight is 537 g/mol. The Bertz CT molecular complexity index is 1010. The van der Waals surface area contributed by atoms with Gasteiger partial charge in [0.2, 0.25) is 0 Å². The van der Waals surface area contributed by atoms with Crippen LogP contribution in [0.15, 0.2) is 23.3 Å². The molecule has 4 aliphatic heterocycles.